The summed E-state index contributed by atoms with van der Waals surface area (Å²) in [6.07, 6.45) is 8.25. The third-order valence-electron chi connectivity index (χ3n) is 6.40. The highest BCUT2D eigenvalue weighted by Gasteiger charge is 2.26. The van der Waals surface area contributed by atoms with Crippen LogP contribution in [0.15, 0.2) is 29.5 Å². The molecular weight excluding hydrogens is 464 g/mol. The van der Waals surface area contributed by atoms with Gasteiger partial charge in [0.1, 0.15) is 11.6 Å². The van der Waals surface area contributed by atoms with E-state index in [4.69, 9.17) is 5.73 Å². The van der Waals surface area contributed by atoms with Crippen molar-refractivity contribution in [3.05, 3.63) is 40.7 Å². The molecule has 3 aromatic heterocycles. The van der Waals surface area contributed by atoms with E-state index < -0.39 is 11.9 Å². The maximum Gasteiger partial charge on any atom is 0.277 e. The highest BCUT2D eigenvalue weighted by Crippen LogP contribution is 2.30. The second kappa shape index (κ2) is 9.93. The molecule has 0 unspecified atom stereocenters. The number of fused-ring (bicyclic) bond motifs is 1. The van der Waals surface area contributed by atoms with Crippen molar-refractivity contribution in [1.29, 1.82) is 0 Å². The van der Waals surface area contributed by atoms with Crippen LogP contribution in [0.2, 0.25) is 0 Å². The lowest BCUT2D eigenvalue weighted by Gasteiger charge is -2.30. The molecule has 0 bridgehead atoms. The highest BCUT2D eigenvalue weighted by molar-refractivity contribution is 6.03. The minimum absolute atomic E-state index is 0.117. The first-order chi connectivity index (χ1) is 17.4. The lowest BCUT2D eigenvalue weighted by Crippen LogP contribution is -2.46. The van der Waals surface area contributed by atoms with Crippen LogP contribution in [0.5, 0.6) is 0 Å². The smallest absolute Gasteiger partial charge is 0.277 e. The molecule has 3 heterocycles. The molecule has 0 aromatic carbocycles. The Morgan fingerprint density at radius 1 is 1.03 bits per heavy atom. The third-order valence-corrected chi connectivity index (χ3v) is 6.40. The van der Waals surface area contributed by atoms with Crippen LogP contribution >= 0.6 is 0 Å². The van der Waals surface area contributed by atoms with Crippen LogP contribution in [0, 0.1) is 0 Å². The molecule has 13 heteroatoms. The van der Waals surface area contributed by atoms with Crippen LogP contribution < -0.4 is 32.6 Å². The largest absolute Gasteiger partial charge is 0.379 e. The summed E-state index contributed by atoms with van der Waals surface area (Å²) in [5.74, 6) is 0.149. The molecule has 5 rings (SSSR count). The lowest BCUT2D eigenvalue weighted by atomic mass is 9.91. The summed E-state index contributed by atoms with van der Waals surface area (Å²) in [6.45, 7) is 1.68. The molecule has 7 N–H and O–H groups in total. The topological polar surface area (TPSA) is 184 Å². The minimum atomic E-state index is -0.519. The number of imidazole rings is 1. The first kappa shape index (κ1) is 23.7. The number of anilines is 3. The molecule has 2 fully saturated rings. The lowest BCUT2D eigenvalue weighted by molar-refractivity contribution is -0.122. The highest BCUT2D eigenvalue weighted by atomic mass is 16.2. The fourth-order valence-electron chi connectivity index (χ4n) is 4.29. The molecule has 2 aliphatic rings. The maximum atomic E-state index is 13.0. The van der Waals surface area contributed by atoms with E-state index in [1.165, 1.54) is 23.1 Å². The first-order valence-corrected chi connectivity index (χ1v) is 12.2. The van der Waals surface area contributed by atoms with Gasteiger partial charge in [0.25, 0.3) is 11.5 Å². The zero-order chi connectivity index (χ0) is 25.2. The Labute approximate surface area is 206 Å². The van der Waals surface area contributed by atoms with Crippen LogP contribution in [0.1, 0.15) is 55.9 Å². The Bertz CT molecular complexity index is 1320. The Kier molecular flexibility index (Phi) is 6.55. The monoisotopic (exact) mass is 494 g/mol. The van der Waals surface area contributed by atoms with Crippen LogP contribution in [0.4, 0.5) is 17.3 Å². The number of H-pyrrole nitrogens is 1. The molecule has 0 radical (unpaired) electrons. The van der Waals surface area contributed by atoms with Gasteiger partial charge in [-0.05, 0) is 45.4 Å². The Hall–Kier alpha value is -4.00. The second-order valence-electron chi connectivity index (χ2n) is 9.48. The number of nitrogens with two attached hydrogens (primary N) is 1. The normalized spacial score (nSPS) is 20.5. The number of hydrogen-bond acceptors (Lipinski definition) is 9. The molecule has 0 spiro atoms. The minimum Gasteiger partial charge on any atom is -0.379 e. The van der Waals surface area contributed by atoms with Crippen LogP contribution in [0.3, 0.4) is 0 Å². The molecule has 0 saturated heterocycles. The second-order valence-corrected chi connectivity index (χ2v) is 9.48. The average Bonchev–Trinajstić information content (AvgIpc) is 3.55. The van der Waals surface area contributed by atoms with Gasteiger partial charge < -0.3 is 32.0 Å². The summed E-state index contributed by atoms with van der Waals surface area (Å²) >= 11 is 0. The molecule has 2 amide bonds. The predicted molar refractivity (Wildman–Crippen MR) is 134 cm³/mol. The van der Waals surface area contributed by atoms with E-state index >= 15 is 0 Å². The van der Waals surface area contributed by atoms with Gasteiger partial charge in [-0.2, -0.15) is 0 Å². The third kappa shape index (κ3) is 5.46. The number of aromatic amines is 1. The van der Waals surface area contributed by atoms with E-state index in [2.05, 4.69) is 41.3 Å². The fourth-order valence-corrected chi connectivity index (χ4v) is 4.29. The number of carbonyl (C=O) groups excluding carboxylic acids is 2. The van der Waals surface area contributed by atoms with Crippen molar-refractivity contribution in [3.8, 4) is 0 Å². The number of nitrogens with zero attached hydrogens (tertiary/aromatic N) is 4. The van der Waals surface area contributed by atoms with Crippen molar-refractivity contribution in [2.45, 2.75) is 69.6 Å². The van der Waals surface area contributed by atoms with Crippen molar-refractivity contribution in [1.82, 2.24) is 29.9 Å². The summed E-state index contributed by atoms with van der Waals surface area (Å²) in [5, 5.41) is 17.2. The van der Waals surface area contributed by atoms with Gasteiger partial charge in [-0.3, -0.25) is 14.4 Å². The zero-order valence-corrected chi connectivity index (χ0v) is 20.0. The van der Waals surface area contributed by atoms with Gasteiger partial charge in [0.05, 0.1) is 24.3 Å². The van der Waals surface area contributed by atoms with E-state index in [-0.39, 0.29) is 35.1 Å². The number of aromatic nitrogens is 5. The number of nitrogens with one attached hydrogen (secondary N) is 5. The molecule has 2 aliphatic carbocycles. The summed E-state index contributed by atoms with van der Waals surface area (Å²) in [4.78, 5) is 47.2. The summed E-state index contributed by atoms with van der Waals surface area (Å²) in [5.41, 5.74) is 6.85. The summed E-state index contributed by atoms with van der Waals surface area (Å²) < 4.78 is 1.50. The molecule has 2 saturated carbocycles. The van der Waals surface area contributed by atoms with Crippen molar-refractivity contribution in [2.75, 3.05) is 16.0 Å². The molecule has 36 heavy (non-hydrogen) atoms. The van der Waals surface area contributed by atoms with E-state index in [0.717, 1.165) is 44.2 Å². The van der Waals surface area contributed by atoms with Crippen molar-refractivity contribution >= 4 is 34.8 Å². The number of amides is 2. The number of carbonyl (C=O) groups is 2. The van der Waals surface area contributed by atoms with Crippen LogP contribution in [0.25, 0.3) is 5.65 Å². The SMILES string of the molecule is C[C@H](N)C(=O)NC1CCC(Nc2cc(NC3CC3)c3ncc(C(=O)Nc4cc(=O)[nH]cn4)n3n2)CC1. The average molecular weight is 495 g/mol. The Morgan fingerprint density at radius 3 is 2.42 bits per heavy atom. The van der Waals surface area contributed by atoms with E-state index in [9.17, 15) is 14.4 Å². The number of hydrogen-bond donors (Lipinski definition) is 6. The van der Waals surface area contributed by atoms with E-state index in [1.54, 1.807) is 6.92 Å². The molecule has 3 aromatic rings. The molecular formula is C23H30N10O3. The van der Waals surface area contributed by atoms with E-state index in [1.807, 2.05) is 6.07 Å². The standard InChI is InChI=1S/C23H30N10O3/c1-12(24)22(35)30-15-6-4-14(5-7-15)29-19-8-16(28-13-2-3-13)21-25-10-17(33(21)32-19)23(36)31-18-9-20(34)27-11-26-18/h8-15,28H,2-7,24H2,1H3,(H,29,32)(H,30,35)(H2,26,27,31,34,36)/t12-,14?,15?/m0/s1. The quantitative estimate of drug-likeness (QED) is 0.264. The summed E-state index contributed by atoms with van der Waals surface area (Å²) in [7, 11) is 0. The van der Waals surface area contributed by atoms with Crippen molar-refractivity contribution in [2.24, 2.45) is 5.73 Å². The van der Waals surface area contributed by atoms with Gasteiger partial charge in [0.2, 0.25) is 5.91 Å². The van der Waals surface area contributed by atoms with Gasteiger partial charge in [0.15, 0.2) is 11.3 Å². The molecule has 13 nitrogen and oxygen atoms in total. The predicted octanol–water partition coefficient (Wildman–Crippen LogP) is 0.826. The van der Waals surface area contributed by atoms with Gasteiger partial charge in [-0.15, -0.1) is 5.10 Å². The fraction of sp³-hybridized carbons (Fsp3) is 0.478. The molecule has 1 atom stereocenters. The molecule has 190 valence electrons. The first-order valence-electron chi connectivity index (χ1n) is 12.2. The maximum absolute atomic E-state index is 13.0. The van der Waals surface area contributed by atoms with Crippen LogP contribution in [-0.4, -0.2) is 60.5 Å². The van der Waals surface area contributed by atoms with Crippen LogP contribution in [-0.2, 0) is 4.79 Å². The van der Waals surface area contributed by atoms with Gasteiger partial charge in [0, 0.05) is 30.3 Å². The van der Waals surface area contributed by atoms with Gasteiger partial charge >= 0.3 is 0 Å². The Balaban J connectivity index is 1.34. The van der Waals surface area contributed by atoms with Gasteiger partial charge in [-0.1, -0.05) is 0 Å². The Morgan fingerprint density at radius 2 is 1.72 bits per heavy atom. The van der Waals surface area contributed by atoms with Crippen molar-refractivity contribution < 1.29 is 9.59 Å². The van der Waals surface area contributed by atoms with Crippen molar-refractivity contribution in [3.63, 3.8) is 0 Å². The van der Waals surface area contributed by atoms with E-state index in [0.29, 0.717) is 17.5 Å². The molecule has 0 aliphatic heterocycles. The van der Waals surface area contributed by atoms with Gasteiger partial charge in [-0.25, -0.2) is 14.5 Å². The number of rotatable bonds is 8. The summed E-state index contributed by atoms with van der Waals surface area (Å²) in [6, 6.07) is 3.27. The zero-order valence-electron chi connectivity index (χ0n) is 20.0.